The van der Waals surface area contributed by atoms with E-state index in [1.807, 2.05) is 0 Å². The first-order valence-corrected chi connectivity index (χ1v) is 7.94. The van der Waals surface area contributed by atoms with Crippen LogP contribution in [0.5, 0.6) is 0 Å². The zero-order valence-electron chi connectivity index (χ0n) is 13.4. The van der Waals surface area contributed by atoms with Gasteiger partial charge in [0.15, 0.2) is 5.15 Å². The van der Waals surface area contributed by atoms with Crippen molar-refractivity contribution in [2.24, 2.45) is 0 Å². The molecule has 2 N–H and O–H groups in total. The third-order valence-electron chi connectivity index (χ3n) is 3.79. The van der Waals surface area contributed by atoms with E-state index in [2.05, 4.69) is 20.5 Å². The van der Waals surface area contributed by atoms with Crippen LogP contribution in [0, 0.1) is 0 Å². The Bertz CT molecular complexity index is 559. The van der Waals surface area contributed by atoms with Crippen LogP contribution in [-0.2, 0) is 4.79 Å². The fraction of sp³-hybridized carbons (Fsp3) is 0.533. The maximum atomic E-state index is 12.0. The van der Waals surface area contributed by atoms with E-state index in [1.54, 1.807) is 37.3 Å². The second kappa shape index (κ2) is 8.12. The van der Waals surface area contributed by atoms with Crippen LogP contribution in [0.4, 0.5) is 10.5 Å². The number of rotatable bonds is 4. The zero-order chi connectivity index (χ0) is 16.8. The van der Waals surface area contributed by atoms with Crippen molar-refractivity contribution in [2.45, 2.75) is 18.9 Å². The Morgan fingerprint density at radius 1 is 1.39 bits per heavy atom. The van der Waals surface area contributed by atoms with Gasteiger partial charge in [-0.3, -0.25) is 9.69 Å². The minimum absolute atomic E-state index is 0.0937. The van der Waals surface area contributed by atoms with Crippen LogP contribution in [0.3, 0.4) is 0 Å². The summed E-state index contributed by atoms with van der Waals surface area (Å²) in [5.41, 5.74) is 0.487. The summed E-state index contributed by atoms with van der Waals surface area (Å²) in [6, 6.07) is 3.21. The normalized spacial score (nSPS) is 16.0. The summed E-state index contributed by atoms with van der Waals surface area (Å²) >= 11 is 5.91. The topological polar surface area (TPSA) is 77.6 Å². The Balaban J connectivity index is 1.75. The number of likely N-dealkylation sites (N-methyl/N-ethyl adjacent to an activating group) is 1. The number of piperidine rings is 1. The van der Waals surface area contributed by atoms with Crippen molar-refractivity contribution in [2.75, 3.05) is 39.0 Å². The van der Waals surface area contributed by atoms with E-state index in [1.165, 1.54) is 0 Å². The molecule has 23 heavy (non-hydrogen) atoms. The first kappa shape index (κ1) is 17.5. The van der Waals surface area contributed by atoms with Crippen LogP contribution >= 0.6 is 11.6 Å². The van der Waals surface area contributed by atoms with Crippen LogP contribution in [0.15, 0.2) is 18.3 Å². The molecule has 0 aliphatic carbocycles. The van der Waals surface area contributed by atoms with Crippen molar-refractivity contribution in [1.29, 1.82) is 0 Å². The van der Waals surface area contributed by atoms with Crippen LogP contribution in [0.1, 0.15) is 12.8 Å². The van der Waals surface area contributed by atoms with Crippen LogP contribution < -0.4 is 10.6 Å². The number of nitrogens with one attached hydrogen (secondary N) is 2. The second-order valence-corrected chi connectivity index (χ2v) is 6.14. The van der Waals surface area contributed by atoms with Gasteiger partial charge < -0.3 is 15.5 Å². The number of hydrogen-bond acceptors (Lipinski definition) is 4. The summed E-state index contributed by atoms with van der Waals surface area (Å²) < 4.78 is 0. The summed E-state index contributed by atoms with van der Waals surface area (Å²) in [6.07, 6.45) is 3.19. The predicted molar refractivity (Wildman–Crippen MR) is 89.6 cm³/mol. The summed E-state index contributed by atoms with van der Waals surface area (Å²) in [4.78, 5) is 31.3. The minimum atomic E-state index is -0.289. The highest BCUT2D eigenvalue weighted by molar-refractivity contribution is 6.32. The molecule has 1 saturated heterocycles. The molecule has 3 amide bonds. The maximum Gasteiger partial charge on any atom is 0.319 e. The molecule has 1 aliphatic rings. The molecule has 126 valence electrons. The van der Waals surface area contributed by atoms with E-state index in [9.17, 15) is 9.59 Å². The number of hydrogen-bond donors (Lipinski definition) is 2. The zero-order valence-corrected chi connectivity index (χ0v) is 14.1. The van der Waals surface area contributed by atoms with Gasteiger partial charge in [0, 0.05) is 39.4 Å². The Hall–Kier alpha value is -1.86. The minimum Gasteiger partial charge on any atom is -0.348 e. The molecule has 2 rings (SSSR count). The number of carbonyl (C=O) groups excluding carboxylic acids is 2. The standard InChI is InChI=1S/C15H22ClN5O2/c1-20(2)13(22)10-21-8-5-11(6-9-21)18-15(23)19-12-4-3-7-17-14(12)16/h3-4,7,11H,5-6,8-10H2,1-2H3,(H2,18,19,23). The Morgan fingerprint density at radius 2 is 2.09 bits per heavy atom. The molecule has 0 atom stereocenters. The molecule has 1 aliphatic heterocycles. The van der Waals surface area contributed by atoms with Crippen molar-refractivity contribution < 1.29 is 9.59 Å². The molecule has 1 aromatic heterocycles. The fourth-order valence-corrected chi connectivity index (χ4v) is 2.56. The van der Waals surface area contributed by atoms with E-state index in [4.69, 9.17) is 11.6 Å². The molecule has 2 heterocycles. The maximum absolute atomic E-state index is 12.0. The molecular weight excluding hydrogens is 318 g/mol. The molecule has 0 spiro atoms. The number of carbonyl (C=O) groups is 2. The summed E-state index contributed by atoms with van der Waals surface area (Å²) in [5, 5.41) is 5.89. The van der Waals surface area contributed by atoms with Gasteiger partial charge in [-0.25, -0.2) is 9.78 Å². The third kappa shape index (κ3) is 5.37. The summed E-state index contributed by atoms with van der Waals surface area (Å²) in [5.74, 6) is 0.0976. The summed E-state index contributed by atoms with van der Waals surface area (Å²) in [6.45, 7) is 2.01. The number of urea groups is 1. The smallest absolute Gasteiger partial charge is 0.319 e. The fourth-order valence-electron chi connectivity index (χ4n) is 2.39. The number of aromatic nitrogens is 1. The lowest BCUT2D eigenvalue weighted by atomic mass is 10.1. The van der Waals surface area contributed by atoms with Gasteiger partial charge in [0.2, 0.25) is 5.91 Å². The monoisotopic (exact) mass is 339 g/mol. The van der Waals surface area contributed by atoms with Gasteiger partial charge in [-0.2, -0.15) is 0 Å². The molecular formula is C15H22ClN5O2. The number of halogens is 1. The highest BCUT2D eigenvalue weighted by Crippen LogP contribution is 2.17. The molecule has 0 aromatic carbocycles. The number of anilines is 1. The predicted octanol–water partition coefficient (Wildman–Crippen LogP) is 1.41. The van der Waals surface area contributed by atoms with Crippen molar-refractivity contribution in [3.63, 3.8) is 0 Å². The van der Waals surface area contributed by atoms with E-state index < -0.39 is 0 Å². The van der Waals surface area contributed by atoms with Gasteiger partial charge in [0.1, 0.15) is 0 Å². The first-order chi connectivity index (χ1) is 11.0. The van der Waals surface area contributed by atoms with Gasteiger partial charge in [-0.05, 0) is 25.0 Å². The number of pyridine rings is 1. The third-order valence-corrected chi connectivity index (χ3v) is 4.09. The quantitative estimate of drug-likeness (QED) is 0.813. The first-order valence-electron chi connectivity index (χ1n) is 7.56. The molecule has 0 bridgehead atoms. The second-order valence-electron chi connectivity index (χ2n) is 5.78. The van der Waals surface area contributed by atoms with E-state index in [0.717, 1.165) is 25.9 Å². The van der Waals surface area contributed by atoms with Crippen LogP contribution in [-0.4, -0.2) is 66.5 Å². The molecule has 0 unspecified atom stereocenters. The molecule has 0 saturated carbocycles. The lowest BCUT2D eigenvalue weighted by Gasteiger charge is -2.32. The number of likely N-dealkylation sites (tertiary alicyclic amines) is 1. The van der Waals surface area contributed by atoms with Gasteiger partial charge >= 0.3 is 6.03 Å². The molecule has 1 fully saturated rings. The Morgan fingerprint density at radius 3 is 2.70 bits per heavy atom. The lowest BCUT2D eigenvalue weighted by Crippen LogP contribution is -2.48. The van der Waals surface area contributed by atoms with Gasteiger partial charge in [-0.1, -0.05) is 11.6 Å². The van der Waals surface area contributed by atoms with Gasteiger partial charge in [0.25, 0.3) is 0 Å². The van der Waals surface area contributed by atoms with E-state index in [-0.39, 0.29) is 23.1 Å². The van der Waals surface area contributed by atoms with Crippen molar-refractivity contribution >= 4 is 29.2 Å². The number of nitrogens with zero attached hydrogens (tertiary/aromatic N) is 3. The highest BCUT2D eigenvalue weighted by Gasteiger charge is 2.22. The SMILES string of the molecule is CN(C)C(=O)CN1CCC(NC(=O)Nc2cccnc2Cl)CC1. The largest absolute Gasteiger partial charge is 0.348 e. The average Bonchev–Trinajstić information content (AvgIpc) is 2.51. The molecule has 7 nitrogen and oxygen atoms in total. The van der Waals surface area contributed by atoms with E-state index >= 15 is 0 Å². The number of amides is 3. The Kier molecular flexibility index (Phi) is 6.18. The van der Waals surface area contributed by atoms with Gasteiger partial charge in [0.05, 0.1) is 12.2 Å². The average molecular weight is 340 g/mol. The van der Waals surface area contributed by atoms with Crippen molar-refractivity contribution in [1.82, 2.24) is 20.1 Å². The molecule has 8 heteroatoms. The lowest BCUT2D eigenvalue weighted by molar-refractivity contribution is -0.130. The highest BCUT2D eigenvalue weighted by atomic mass is 35.5. The van der Waals surface area contributed by atoms with Crippen LogP contribution in [0.2, 0.25) is 5.15 Å². The van der Waals surface area contributed by atoms with Crippen LogP contribution in [0.25, 0.3) is 0 Å². The van der Waals surface area contributed by atoms with E-state index in [0.29, 0.717) is 12.2 Å². The Labute approximate surface area is 141 Å². The molecule has 1 aromatic rings. The van der Waals surface area contributed by atoms with Crippen molar-refractivity contribution in [3.05, 3.63) is 23.5 Å². The van der Waals surface area contributed by atoms with Crippen molar-refractivity contribution in [3.8, 4) is 0 Å². The summed E-state index contributed by atoms with van der Waals surface area (Å²) in [7, 11) is 3.51. The van der Waals surface area contributed by atoms with Gasteiger partial charge in [-0.15, -0.1) is 0 Å². The molecule has 0 radical (unpaired) electrons.